The van der Waals surface area contributed by atoms with Gasteiger partial charge in [0.25, 0.3) is 0 Å². The molecule has 1 aliphatic heterocycles. The fourth-order valence-corrected chi connectivity index (χ4v) is 1.97. The highest BCUT2D eigenvalue weighted by atomic mass is 19.3. The van der Waals surface area contributed by atoms with Crippen molar-refractivity contribution in [3.8, 4) is 0 Å². The second-order valence-electron chi connectivity index (χ2n) is 4.58. The van der Waals surface area contributed by atoms with E-state index >= 15 is 0 Å². The number of nitrogens with one attached hydrogen (secondary N) is 1. The minimum Gasteiger partial charge on any atom is -0.456 e. The highest BCUT2D eigenvalue weighted by Crippen LogP contribution is 2.30. The summed E-state index contributed by atoms with van der Waals surface area (Å²) in [4.78, 5) is 24.4. The van der Waals surface area contributed by atoms with Crippen molar-refractivity contribution in [1.29, 1.82) is 0 Å². The molecule has 0 aromatic heterocycles. The Kier molecular flexibility index (Phi) is 5.22. The van der Waals surface area contributed by atoms with Crippen LogP contribution in [0.25, 0.3) is 0 Å². The van der Waals surface area contributed by atoms with Crippen LogP contribution in [-0.2, 0) is 14.3 Å². The third-order valence-corrected chi connectivity index (χ3v) is 3.15. The Morgan fingerprint density at radius 2 is 2.11 bits per heavy atom. The molecule has 1 fully saturated rings. The molecule has 0 aromatic carbocycles. The largest absolute Gasteiger partial charge is 0.456 e. The second kappa shape index (κ2) is 6.27. The second-order valence-corrected chi connectivity index (χ2v) is 4.58. The number of rotatable bonds is 6. The van der Waals surface area contributed by atoms with Crippen LogP contribution < -0.4 is 5.32 Å². The van der Waals surface area contributed by atoms with Gasteiger partial charge in [0.05, 0.1) is 12.5 Å². The third kappa shape index (κ3) is 3.86. The number of hydrogen-bond donors (Lipinski definition) is 1. The molecule has 0 aromatic rings. The van der Waals surface area contributed by atoms with Crippen LogP contribution in [0.15, 0.2) is 0 Å². The van der Waals surface area contributed by atoms with Crippen LogP contribution in [0.2, 0.25) is 0 Å². The number of cyclic esters (lactones) is 1. The summed E-state index contributed by atoms with van der Waals surface area (Å²) in [6.45, 7) is 6.64. The van der Waals surface area contributed by atoms with E-state index in [1.807, 2.05) is 13.8 Å². The summed E-state index contributed by atoms with van der Waals surface area (Å²) in [5, 5.41) is 2.83. The summed E-state index contributed by atoms with van der Waals surface area (Å²) in [5.41, 5.74) is 0. The number of nitrogens with zero attached hydrogens (tertiary/aromatic N) is 1. The van der Waals surface area contributed by atoms with Crippen molar-refractivity contribution in [3.05, 3.63) is 0 Å². The van der Waals surface area contributed by atoms with Gasteiger partial charge in [-0.25, -0.2) is 4.79 Å². The van der Waals surface area contributed by atoms with Crippen LogP contribution in [-0.4, -0.2) is 54.5 Å². The van der Waals surface area contributed by atoms with Gasteiger partial charge in [0.15, 0.2) is 0 Å². The molecule has 1 rings (SSSR count). The summed E-state index contributed by atoms with van der Waals surface area (Å²) in [6.07, 6.45) is -1.51. The number of likely N-dealkylation sites (N-methyl/N-ethyl adjacent to an activating group) is 1. The van der Waals surface area contributed by atoms with Crippen LogP contribution in [0.3, 0.4) is 0 Å². The van der Waals surface area contributed by atoms with Crippen molar-refractivity contribution < 1.29 is 23.1 Å². The van der Waals surface area contributed by atoms with E-state index in [1.165, 1.54) is 0 Å². The van der Waals surface area contributed by atoms with E-state index in [1.54, 1.807) is 11.8 Å². The van der Waals surface area contributed by atoms with Gasteiger partial charge in [-0.3, -0.25) is 4.79 Å². The number of esters is 1. The standard InChI is InChI=1S/C12H20F2N2O3/c1-4-16(5-2)10(17)8(3)15-7-9-6-12(13,14)11(18)19-9/h8-9,15H,4-7H2,1-3H3. The van der Waals surface area contributed by atoms with Crippen LogP contribution in [0.5, 0.6) is 0 Å². The Bertz CT molecular complexity index is 346. The quantitative estimate of drug-likeness (QED) is 0.730. The first-order valence-electron chi connectivity index (χ1n) is 6.42. The van der Waals surface area contributed by atoms with E-state index in [-0.39, 0.29) is 12.5 Å². The summed E-state index contributed by atoms with van der Waals surface area (Å²) in [5.74, 6) is -4.98. The average Bonchev–Trinajstić information content (AvgIpc) is 2.61. The normalized spacial score (nSPS) is 23.0. The summed E-state index contributed by atoms with van der Waals surface area (Å²) >= 11 is 0. The van der Waals surface area contributed by atoms with E-state index in [0.717, 1.165) is 0 Å². The number of hydrogen-bond acceptors (Lipinski definition) is 4. The maximum absolute atomic E-state index is 12.9. The van der Waals surface area contributed by atoms with Crippen molar-refractivity contribution in [2.75, 3.05) is 19.6 Å². The number of carbonyl (C=O) groups is 2. The Morgan fingerprint density at radius 3 is 2.53 bits per heavy atom. The molecule has 2 unspecified atom stereocenters. The lowest BCUT2D eigenvalue weighted by atomic mass is 10.2. The Hall–Kier alpha value is -1.24. The van der Waals surface area contributed by atoms with Gasteiger partial charge in [0, 0.05) is 19.6 Å². The Balaban J connectivity index is 2.41. The average molecular weight is 278 g/mol. The predicted octanol–water partition coefficient (Wildman–Crippen LogP) is 0.784. The first-order valence-corrected chi connectivity index (χ1v) is 6.42. The lowest BCUT2D eigenvalue weighted by Crippen LogP contribution is -2.46. The zero-order chi connectivity index (χ0) is 14.6. The van der Waals surface area contributed by atoms with Crippen molar-refractivity contribution >= 4 is 11.9 Å². The molecule has 0 spiro atoms. The van der Waals surface area contributed by atoms with Gasteiger partial charge in [-0.15, -0.1) is 0 Å². The highest BCUT2D eigenvalue weighted by Gasteiger charge is 2.50. The molecule has 0 aliphatic carbocycles. The molecule has 7 heteroatoms. The van der Waals surface area contributed by atoms with E-state index in [2.05, 4.69) is 10.1 Å². The smallest absolute Gasteiger partial charge is 0.377 e. The Labute approximate surface area is 111 Å². The van der Waals surface area contributed by atoms with Crippen LogP contribution in [0.4, 0.5) is 8.78 Å². The van der Waals surface area contributed by atoms with Gasteiger partial charge in [-0.05, 0) is 20.8 Å². The number of carbonyl (C=O) groups excluding carboxylic acids is 2. The van der Waals surface area contributed by atoms with Gasteiger partial charge >= 0.3 is 11.9 Å². The minimum atomic E-state index is -3.40. The highest BCUT2D eigenvalue weighted by molar-refractivity contribution is 5.81. The summed E-state index contributed by atoms with van der Waals surface area (Å²) in [7, 11) is 0. The maximum Gasteiger partial charge on any atom is 0.377 e. The zero-order valence-corrected chi connectivity index (χ0v) is 11.4. The van der Waals surface area contributed by atoms with Crippen molar-refractivity contribution in [1.82, 2.24) is 10.2 Å². The monoisotopic (exact) mass is 278 g/mol. The lowest BCUT2D eigenvalue weighted by Gasteiger charge is -2.24. The Morgan fingerprint density at radius 1 is 1.53 bits per heavy atom. The molecule has 1 saturated heterocycles. The first kappa shape index (κ1) is 15.8. The predicted molar refractivity (Wildman–Crippen MR) is 64.8 cm³/mol. The van der Waals surface area contributed by atoms with Crippen molar-refractivity contribution in [2.24, 2.45) is 0 Å². The third-order valence-electron chi connectivity index (χ3n) is 3.15. The van der Waals surface area contributed by atoms with Crippen LogP contribution >= 0.6 is 0 Å². The van der Waals surface area contributed by atoms with Crippen molar-refractivity contribution in [3.63, 3.8) is 0 Å². The molecule has 110 valence electrons. The molecule has 1 aliphatic rings. The van der Waals surface area contributed by atoms with Gasteiger partial charge in [-0.2, -0.15) is 8.78 Å². The molecule has 5 nitrogen and oxygen atoms in total. The van der Waals surface area contributed by atoms with E-state index in [0.29, 0.717) is 13.1 Å². The van der Waals surface area contributed by atoms with Gasteiger partial charge in [0.1, 0.15) is 6.10 Å². The molecule has 1 N–H and O–H groups in total. The SMILES string of the molecule is CCN(CC)C(=O)C(C)NCC1CC(F)(F)C(=O)O1. The zero-order valence-electron chi connectivity index (χ0n) is 11.4. The summed E-state index contributed by atoms with van der Waals surface area (Å²) < 4.78 is 30.4. The summed E-state index contributed by atoms with van der Waals surface area (Å²) in [6, 6.07) is -0.493. The topological polar surface area (TPSA) is 58.6 Å². The van der Waals surface area contributed by atoms with Crippen molar-refractivity contribution in [2.45, 2.75) is 45.3 Å². The molecular weight excluding hydrogens is 258 g/mol. The lowest BCUT2D eigenvalue weighted by molar-refractivity contribution is -0.159. The molecule has 1 heterocycles. The minimum absolute atomic E-state index is 0.0511. The van der Waals surface area contributed by atoms with Gasteiger partial charge < -0.3 is 15.0 Å². The first-order chi connectivity index (χ1) is 8.81. The molecule has 0 saturated carbocycles. The fraction of sp³-hybridized carbons (Fsp3) is 0.833. The van der Waals surface area contributed by atoms with E-state index in [9.17, 15) is 18.4 Å². The fourth-order valence-electron chi connectivity index (χ4n) is 1.97. The molecule has 0 radical (unpaired) electrons. The van der Waals surface area contributed by atoms with Crippen LogP contribution in [0, 0.1) is 0 Å². The number of alkyl halides is 2. The molecule has 1 amide bonds. The van der Waals surface area contributed by atoms with E-state index in [4.69, 9.17) is 0 Å². The molecule has 2 atom stereocenters. The number of halogens is 2. The molecule has 19 heavy (non-hydrogen) atoms. The molecule has 0 bridgehead atoms. The molecular formula is C12H20F2N2O3. The number of amides is 1. The van der Waals surface area contributed by atoms with E-state index < -0.39 is 30.5 Å². The number of ether oxygens (including phenoxy) is 1. The van der Waals surface area contributed by atoms with Gasteiger partial charge in [-0.1, -0.05) is 0 Å². The van der Waals surface area contributed by atoms with Gasteiger partial charge in [0.2, 0.25) is 5.91 Å². The van der Waals surface area contributed by atoms with Crippen LogP contribution in [0.1, 0.15) is 27.2 Å². The maximum atomic E-state index is 12.9.